The zero-order valence-electron chi connectivity index (χ0n) is 3.68. The van der Waals surface area contributed by atoms with Crippen molar-refractivity contribution in [1.29, 1.82) is 0 Å². The van der Waals surface area contributed by atoms with Gasteiger partial charge in [0.2, 0.25) is 0 Å². The minimum atomic E-state index is 0.664. The van der Waals surface area contributed by atoms with Crippen molar-refractivity contribution in [2.75, 3.05) is 6.61 Å². The molecule has 0 aromatic carbocycles. The van der Waals surface area contributed by atoms with E-state index in [-0.39, 0.29) is 0 Å². The molecule has 0 saturated carbocycles. The van der Waals surface area contributed by atoms with Gasteiger partial charge >= 0.3 is 47.4 Å². The van der Waals surface area contributed by atoms with Crippen LogP contribution in [0.3, 0.4) is 0 Å². The van der Waals surface area contributed by atoms with Crippen LogP contribution in [0.25, 0.3) is 0 Å². The van der Waals surface area contributed by atoms with Crippen molar-refractivity contribution in [2.24, 2.45) is 0 Å². The summed E-state index contributed by atoms with van der Waals surface area (Å²) in [6, 6.07) is 0. The van der Waals surface area contributed by atoms with E-state index in [4.69, 9.17) is 4.74 Å². The second-order valence-corrected chi connectivity index (χ2v) is 2.74. The molecule has 2 radical (unpaired) electrons. The topological polar surface area (TPSA) is 12.5 Å². The van der Waals surface area contributed by atoms with Gasteiger partial charge in [0.25, 0.3) is 0 Å². The molecule has 0 aromatic rings. The third kappa shape index (κ3) is 1.37. The van der Waals surface area contributed by atoms with E-state index in [0.717, 1.165) is 6.61 Å². The zero-order chi connectivity index (χ0) is 4.41. The molecule has 1 unspecified atom stereocenters. The van der Waals surface area contributed by atoms with E-state index in [1.54, 1.807) is 18.6 Å². The van der Waals surface area contributed by atoms with Crippen LogP contribution in [0.5, 0.6) is 0 Å². The molecule has 32 valence electrons. The van der Waals surface area contributed by atoms with Crippen molar-refractivity contribution in [3.63, 3.8) is 0 Å². The van der Waals surface area contributed by atoms with E-state index >= 15 is 0 Å². The van der Waals surface area contributed by atoms with Crippen LogP contribution in [0.1, 0.15) is 6.42 Å². The molecule has 1 saturated heterocycles. The Hall–Kier alpha value is 0.596. The molecule has 1 nitrogen and oxygen atoms in total. The van der Waals surface area contributed by atoms with Crippen LogP contribution in [0.4, 0.5) is 0 Å². The van der Waals surface area contributed by atoms with E-state index in [9.17, 15) is 0 Å². The van der Waals surface area contributed by atoms with Crippen LogP contribution >= 0.6 is 0 Å². The Morgan fingerprint density at radius 2 is 2.50 bits per heavy atom. The molecule has 1 aliphatic rings. The van der Waals surface area contributed by atoms with Crippen molar-refractivity contribution in [3.05, 3.63) is 0 Å². The molecule has 1 heterocycles. The molecule has 1 aliphatic heterocycles. The van der Waals surface area contributed by atoms with Gasteiger partial charge in [0.15, 0.2) is 0 Å². The molecule has 2 heteroatoms. The standard InChI is InChI=1S/C4H7O.Ga/c1-2-4-3-5-4;/h4H,1-3H2;. The fourth-order valence-electron chi connectivity index (χ4n) is 0.421. The predicted octanol–water partition coefficient (Wildman–Crippen LogP) is 0.362. The molecule has 0 aliphatic carbocycles. The first-order chi connectivity index (χ1) is 2.93. The van der Waals surface area contributed by atoms with E-state index in [1.165, 1.54) is 11.4 Å². The fraction of sp³-hybridized carbons (Fsp3) is 1.00. The number of rotatable bonds is 2. The van der Waals surface area contributed by atoms with Gasteiger partial charge in [-0.3, -0.25) is 0 Å². The van der Waals surface area contributed by atoms with Crippen molar-refractivity contribution >= 4 is 18.6 Å². The normalized spacial score (nSPS) is 30.3. The Kier molecular flexibility index (Phi) is 1.62. The van der Waals surface area contributed by atoms with Crippen molar-refractivity contribution in [3.8, 4) is 0 Å². The molecule has 0 aromatic heterocycles. The van der Waals surface area contributed by atoms with Gasteiger partial charge < -0.3 is 0 Å². The van der Waals surface area contributed by atoms with Crippen LogP contribution in [-0.4, -0.2) is 31.3 Å². The molecule has 1 atom stereocenters. The molecule has 0 N–H and O–H groups in total. The van der Waals surface area contributed by atoms with Crippen molar-refractivity contribution < 1.29 is 4.74 Å². The predicted molar refractivity (Wildman–Crippen MR) is 24.9 cm³/mol. The summed E-state index contributed by atoms with van der Waals surface area (Å²) in [4.78, 5) is 1.33. The monoisotopic (exact) mass is 140 g/mol. The molecule has 1 fully saturated rings. The summed E-state index contributed by atoms with van der Waals surface area (Å²) in [6.45, 7) is 1.03. The van der Waals surface area contributed by atoms with Crippen LogP contribution < -0.4 is 0 Å². The third-order valence-electron chi connectivity index (χ3n) is 0.891. The van der Waals surface area contributed by atoms with Crippen LogP contribution in [0.2, 0.25) is 4.98 Å². The Morgan fingerprint density at radius 3 is 2.67 bits per heavy atom. The summed E-state index contributed by atoms with van der Waals surface area (Å²) in [5.74, 6) is 0. The third-order valence-corrected chi connectivity index (χ3v) is 1.59. The summed E-state index contributed by atoms with van der Waals surface area (Å²) >= 11 is 1.81. The molecule has 0 amide bonds. The maximum atomic E-state index is 4.96. The van der Waals surface area contributed by atoms with E-state index < -0.39 is 0 Å². The molecular formula is C4H7GaO. The number of hydrogen-bond donors (Lipinski definition) is 0. The number of ether oxygens (including phenoxy) is 1. The van der Waals surface area contributed by atoms with Gasteiger partial charge in [0, 0.05) is 0 Å². The van der Waals surface area contributed by atoms with Gasteiger partial charge in [-0.1, -0.05) is 0 Å². The van der Waals surface area contributed by atoms with Crippen LogP contribution in [-0.2, 0) is 4.74 Å². The van der Waals surface area contributed by atoms with Crippen LogP contribution in [0.15, 0.2) is 0 Å². The Balaban J connectivity index is 1.88. The summed E-state index contributed by atoms with van der Waals surface area (Å²) in [7, 11) is 0. The Bertz CT molecular complexity index is 42.8. The molecule has 1 rings (SSSR count). The average molecular weight is 141 g/mol. The first-order valence-corrected chi connectivity index (χ1v) is 3.96. The first kappa shape index (κ1) is 4.75. The summed E-state index contributed by atoms with van der Waals surface area (Å²) in [5, 5.41) is 0. The van der Waals surface area contributed by atoms with Crippen molar-refractivity contribution in [2.45, 2.75) is 17.5 Å². The number of epoxide rings is 1. The Morgan fingerprint density at radius 1 is 1.83 bits per heavy atom. The van der Waals surface area contributed by atoms with E-state index in [0.29, 0.717) is 6.10 Å². The summed E-state index contributed by atoms with van der Waals surface area (Å²) in [5.41, 5.74) is 0. The Labute approximate surface area is 48.0 Å². The molecule has 0 spiro atoms. The maximum absolute atomic E-state index is 4.96. The summed E-state index contributed by atoms with van der Waals surface area (Å²) < 4.78 is 4.96. The second-order valence-electron chi connectivity index (χ2n) is 1.53. The minimum absolute atomic E-state index is 0.664. The van der Waals surface area contributed by atoms with Gasteiger partial charge in [-0.25, -0.2) is 0 Å². The van der Waals surface area contributed by atoms with Gasteiger partial charge in [-0.05, 0) is 0 Å². The van der Waals surface area contributed by atoms with Gasteiger partial charge in [0.1, 0.15) is 0 Å². The fourth-order valence-corrected chi connectivity index (χ4v) is 1.20. The SMILES string of the molecule is [Ga][CH2]CC1CO1. The molecular weight excluding hydrogens is 134 g/mol. The van der Waals surface area contributed by atoms with Gasteiger partial charge in [-0.2, -0.15) is 0 Å². The average Bonchev–Trinajstić information content (AvgIpc) is 2.21. The first-order valence-electron chi connectivity index (χ1n) is 2.25. The second kappa shape index (κ2) is 2.05. The molecule has 6 heavy (non-hydrogen) atoms. The van der Waals surface area contributed by atoms with E-state index in [2.05, 4.69) is 0 Å². The molecule has 0 bridgehead atoms. The van der Waals surface area contributed by atoms with Gasteiger partial charge in [-0.15, -0.1) is 0 Å². The quantitative estimate of drug-likeness (QED) is 0.399. The number of hydrogen-bond acceptors (Lipinski definition) is 1. The van der Waals surface area contributed by atoms with Crippen LogP contribution in [0, 0.1) is 0 Å². The van der Waals surface area contributed by atoms with E-state index in [1.807, 2.05) is 0 Å². The summed E-state index contributed by atoms with van der Waals surface area (Å²) in [6.07, 6.45) is 1.96. The van der Waals surface area contributed by atoms with Gasteiger partial charge in [0.05, 0.1) is 0 Å². The zero-order valence-corrected chi connectivity index (χ0v) is 6.11. The van der Waals surface area contributed by atoms with Crippen molar-refractivity contribution in [1.82, 2.24) is 0 Å².